The van der Waals surface area contributed by atoms with E-state index in [9.17, 15) is 5.11 Å². The van der Waals surface area contributed by atoms with Gasteiger partial charge in [0.1, 0.15) is 0 Å². The standard InChI is InChI=1S/C26H39NO/c1-6-8-22-17-23(28)13-15-25(22,4)20(3)12-14-26(5)19(2)10-11-24(26)21-9-7-16-27-18-21/h7-9,11,16,18-20,23,28H,6,10,12-15,17H2,1-5H3/b22-8-/t19-,20-,23+,25-,26+/m1/s1. The molecule has 2 heteroatoms. The highest BCUT2D eigenvalue weighted by Gasteiger charge is 2.43. The van der Waals surface area contributed by atoms with Gasteiger partial charge in [-0.15, -0.1) is 0 Å². The second-order valence-electron chi connectivity index (χ2n) is 9.81. The molecule has 1 heterocycles. The van der Waals surface area contributed by atoms with Gasteiger partial charge in [-0.3, -0.25) is 4.98 Å². The minimum atomic E-state index is -0.148. The number of hydrogen-bond donors (Lipinski definition) is 1. The molecular weight excluding hydrogens is 342 g/mol. The van der Waals surface area contributed by atoms with Crippen molar-refractivity contribution in [2.75, 3.05) is 0 Å². The van der Waals surface area contributed by atoms with Crippen molar-refractivity contribution in [2.45, 2.75) is 85.7 Å². The smallest absolute Gasteiger partial charge is 0.0577 e. The highest BCUT2D eigenvalue weighted by Crippen LogP contribution is 2.54. The van der Waals surface area contributed by atoms with Gasteiger partial charge in [-0.1, -0.05) is 58.4 Å². The van der Waals surface area contributed by atoms with E-state index in [1.54, 1.807) is 0 Å². The summed E-state index contributed by atoms with van der Waals surface area (Å²) in [7, 11) is 0. The fraction of sp³-hybridized carbons (Fsp3) is 0.654. The van der Waals surface area contributed by atoms with Crippen LogP contribution in [0.4, 0.5) is 0 Å². The Balaban J connectivity index is 1.76. The predicted molar refractivity (Wildman–Crippen MR) is 119 cm³/mol. The molecule has 2 aliphatic carbocycles. The summed E-state index contributed by atoms with van der Waals surface area (Å²) in [5.41, 5.74) is 4.73. The van der Waals surface area contributed by atoms with Crippen molar-refractivity contribution in [3.8, 4) is 0 Å². The maximum absolute atomic E-state index is 10.2. The first-order valence-corrected chi connectivity index (χ1v) is 11.3. The summed E-state index contributed by atoms with van der Waals surface area (Å²) in [6, 6.07) is 4.27. The Morgan fingerprint density at radius 2 is 2.14 bits per heavy atom. The molecule has 154 valence electrons. The minimum absolute atomic E-state index is 0.148. The third-order valence-electron chi connectivity index (χ3n) is 8.17. The van der Waals surface area contributed by atoms with Crippen LogP contribution in [-0.4, -0.2) is 16.2 Å². The minimum Gasteiger partial charge on any atom is -0.393 e. The number of hydrogen-bond acceptors (Lipinski definition) is 2. The second kappa shape index (κ2) is 8.53. The zero-order valence-electron chi connectivity index (χ0n) is 18.5. The number of aliphatic hydroxyl groups excluding tert-OH is 1. The van der Waals surface area contributed by atoms with Gasteiger partial charge in [0.05, 0.1) is 6.10 Å². The lowest BCUT2D eigenvalue weighted by Gasteiger charge is -2.45. The van der Waals surface area contributed by atoms with Gasteiger partial charge in [0.15, 0.2) is 0 Å². The first-order valence-electron chi connectivity index (χ1n) is 11.3. The zero-order chi connectivity index (χ0) is 20.4. The SMILES string of the molecule is CC/C=C1/C[C@@H](O)CC[C@]1(C)[C@H](C)CC[C@]1(C)C(c2cccnc2)=CC[C@H]1C. The summed E-state index contributed by atoms with van der Waals surface area (Å²) in [6.07, 6.45) is 16.2. The highest BCUT2D eigenvalue weighted by molar-refractivity contribution is 5.71. The van der Waals surface area contributed by atoms with E-state index in [-0.39, 0.29) is 16.9 Å². The normalized spacial score (nSPS) is 35.8. The van der Waals surface area contributed by atoms with Crippen LogP contribution in [0.2, 0.25) is 0 Å². The molecule has 0 unspecified atom stereocenters. The van der Waals surface area contributed by atoms with E-state index in [1.165, 1.54) is 36.0 Å². The Labute approximate surface area is 172 Å². The number of aliphatic hydroxyl groups is 1. The highest BCUT2D eigenvalue weighted by atomic mass is 16.3. The van der Waals surface area contributed by atoms with Gasteiger partial charge in [0.25, 0.3) is 0 Å². The van der Waals surface area contributed by atoms with Gasteiger partial charge in [0, 0.05) is 12.4 Å². The van der Waals surface area contributed by atoms with Crippen molar-refractivity contribution in [2.24, 2.45) is 22.7 Å². The second-order valence-corrected chi connectivity index (χ2v) is 9.81. The van der Waals surface area contributed by atoms with Crippen LogP contribution in [0.15, 0.2) is 42.3 Å². The average Bonchev–Trinajstić information content (AvgIpc) is 2.99. The molecule has 1 fully saturated rings. The third-order valence-corrected chi connectivity index (χ3v) is 8.17. The van der Waals surface area contributed by atoms with Crippen molar-refractivity contribution >= 4 is 5.57 Å². The molecule has 0 bridgehead atoms. The maximum atomic E-state index is 10.2. The lowest BCUT2D eigenvalue weighted by atomic mass is 9.61. The summed E-state index contributed by atoms with van der Waals surface area (Å²) in [4.78, 5) is 4.37. The van der Waals surface area contributed by atoms with Crippen molar-refractivity contribution in [1.29, 1.82) is 0 Å². The van der Waals surface area contributed by atoms with E-state index in [1.807, 2.05) is 12.4 Å². The third kappa shape index (κ3) is 3.99. The fourth-order valence-electron chi connectivity index (χ4n) is 5.58. The molecule has 0 saturated heterocycles. The Bertz CT molecular complexity index is 721. The van der Waals surface area contributed by atoms with Gasteiger partial charge >= 0.3 is 0 Å². The number of allylic oxidation sites excluding steroid dienone is 3. The monoisotopic (exact) mass is 381 g/mol. The molecule has 1 saturated carbocycles. The molecule has 28 heavy (non-hydrogen) atoms. The Hall–Kier alpha value is -1.41. The summed E-state index contributed by atoms with van der Waals surface area (Å²) in [5, 5.41) is 10.2. The first-order chi connectivity index (χ1) is 13.3. The van der Waals surface area contributed by atoms with Gasteiger partial charge < -0.3 is 5.11 Å². The van der Waals surface area contributed by atoms with E-state index in [2.05, 4.69) is 63.9 Å². The molecule has 0 aromatic carbocycles. The molecule has 1 N–H and O–H groups in total. The van der Waals surface area contributed by atoms with E-state index in [0.29, 0.717) is 11.8 Å². The molecule has 2 nitrogen and oxygen atoms in total. The van der Waals surface area contributed by atoms with Gasteiger partial charge in [-0.25, -0.2) is 0 Å². The molecule has 0 spiro atoms. The number of pyridine rings is 1. The number of nitrogens with zero attached hydrogens (tertiary/aromatic N) is 1. The maximum Gasteiger partial charge on any atom is 0.0577 e. The largest absolute Gasteiger partial charge is 0.393 e. The van der Waals surface area contributed by atoms with Crippen LogP contribution in [0.1, 0.15) is 85.1 Å². The molecular formula is C26H39NO. The molecule has 1 aromatic rings. The van der Waals surface area contributed by atoms with Crippen molar-refractivity contribution < 1.29 is 5.11 Å². The lowest BCUT2D eigenvalue weighted by Crippen LogP contribution is -2.36. The van der Waals surface area contributed by atoms with Gasteiger partial charge in [-0.2, -0.15) is 0 Å². The van der Waals surface area contributed by atoms with Crippen LogP contribution in [0.5, 0.6) is 0 Å². The quantitative estimate of drug-likeness (QED) is 0.549. The van der Waals surface area contributed by atoms with E-state index in [4.69, 9.17) is 0 Å². The Kier molecular flexibility index (Phi) is 6.49. The van der Waals surface area contributed by atoms with E-state index < -0.39 is 0 Å². The van der Waals surface area contributed by atoms with Crippen LogP contribution < -0.4 is 0 Å². The van der Waals surface area contributed by atoms with Crippen molar-refractivity contribution in [1.82, 2.24) is 4.98 Å². The summed E-state index contributed by atoms with van der Waals surface area (Å²) >= 11 is 0. The van der Waals surface area contributed by atoms with Crippen LogP contribution in [0, 0.1) is 22.7 Å². The molecule has 0 amide bonds. The predicted octanol–water partition coefficient (Wildman–Crippen LogP) is 6.81. The Morgan fingerprint density at radius 3 is 2.82 bits per heavy atom. The summed E-state index contributed by atoms with van der Waals surface area (Å²) < 4.78 is 0. The fourth-order valence-corrected chi connectivity index (χ4v) is 5.58. The van der Waals surface area contributed by atoms with Gasteiger partial charge in [0.2, 0.25) is 0 Å². The molecule has 0 aliphatic heterocycles. The average molecular weight is 382 g/mol. The van der Waals surface area contributed by atoms with Crippen molar-refractivity contribution in [3.63, 3.8) is 0 Å². The van der Waals surface area contributed by atoms with Crippen LogP contribution >= 0.6 is 0 Å². The number of aromatic nitrogens is 1. The zero-order valence-corrected chi connectivity index (χ0v) is 18.5. The molecule has 1 aromatic heterocycles. The topological polar surface area (TPSA) is 33.1 Å². The molecule has 2 aliphatic rings. The van der Waals surface area contributed by atoms with E-state index >= 15 is 0 Å². The Morgan fingerprint density at radius 1 is 1.36 bits per heavy atom. The van der Waals surface area contributed by atoms with Crippen molar-refractivity contribution in [3.05, 3.63) is 47.8 Å². The molecule has 5 atom stereocenters. The summed E-state index contributed by atoms with van der Waals surface area (Å²) in [6.45, 7) is 12.0. The van der Waals surface area contributed by atoms with Crippen LogP contribution in [-0.2, 0) is 0 Å². The lowest BCUT2D eigenvalue weighted by molar-refractivity contribution is 0.0803. The van der Waals surface area contributed by atoms with Gasteiger partial charge in [-0.05, 0) is 84.8 Å². The molecule has 3 rings (SSSR count). The van der Waals surface area contributed by atoms with Crippen LogP contribution in [0.25, 0.3) is 5.57 Å². The van der Waals surface area contributed by atoms with E-state index in [0.717, 1.165) is 25.7 Å². The van der Waals surface area contributed by atoms with Crippen LogP contribution in [0.3, 0.4) is 0 Å². The summed E-state index contributed by atoms with van der Waals surface area (Å²) in [5.74, 6) is 1.29. The number of rotatable bonds is 6. The molecule has 0 radical (unpaired) electrons. The first kappa shape index (κ1) is 21.3.